The Balaban J connectivity index is 1.39. The number of carbonyl (C=O) groups excluding carboxylic acids is 1. The normalized spacial score (nSPS) is 17.5. The van der Waals surface area contributed by atoms with E-state index >= 15 is 0 Å². The predicted molar refractivity (Wildman–Crippen MR) is 145 cm³/mol. The molecule has 4 rings (SSSR count). The number of alkyl halides is 5. The average Bonchev–Trinajstić information content (AvgIpc) is 3.37. The van der Waals surface area contributed by atoms with Gasteiger partial charge in [-0.25, -0.2) is 8.42 Å². The Hall–Kier alpha value is -3.71. The fourth-order valence-corrected chi connectivity index (χ4v) is 5.49. The number of anilines is 1. The van der Waals surface area contributed by atoms with Crippen molar-refractivity contribution in [3.8, 4) is 5.75 Å². The molecule has 0 aliphatic carbocycles. The van der Waals surface area contributed by atoms with Crippen LogP contribution in [0.25, 0.3) is 0 Å². The van der Waals surface area contributed by atoms with Crippen LogP contribution in [0.3, 0.4) is 0 Å². The van der Waals surface area contributed by atoms with Gasteiger partial charge < -0.3 is 19.7 Å². The molecule has 1 heterocycles. The Morgan fingerprint density at radius 3 is 2.21 bits per heavy atom. The van der Waals surface area contributed by atoms with Crippen molar-refractivity contribution in [2.24, 2.45) is 0 Å². The van der Waals surface area contributed by atoms with Crippen LogP contribution in [0.2, 0.25) is 0 Å². The number of sulfone groups is 1. The molecule has 3 aromatic carbocycles. The first-order valence-corrected chi connectivity index (χ1v) is 14.7. The fourth-order valence-electron chi connectivity index (χ4n) is 4.60. The van der Waals surface area contributed by atoms with Crippen LogP contribution in [0, 0.1) is 0 Å². The monoisotopic (exact) mass is 612 g/mol. The highest BCUT2D eigenvalue weighted by Gasteiger charge is 2.35. The lowest BCUT2D eigenvalue weighted by atomic mass is 10.1. The Labute approximate surface area is 240 Å². The second kappa shape index (κ2) is 13.1. The number of rotatable bonds is 11. The first kappa shape index (κ1) is 31.2. The quantitative estimate of drug-likeness (QED) is 0.280. The van der Waals surface area contributed by atoms with E-state index in [1.807, 2.05) is 0 Å². The summed E-state index contributed by atoms with van der Waals surface area (Å²) in [6.45, 7) is -1.28. The number of nitrogens with zero attached hydrogens (tertiary/aromatic N) is 1. The highest BCUT2D eigenvalue weighted by molar-refractivity contribution is 7.91. The van der Waals surface area contributed by atoms with Crippen molar-refractivity contribution in [3.63, 3.8) is 0 Å². The lowest BCUT2D eigenvalue weighted by Gasteiger charge is -2.26. The second-order valence-corrected chi connectivity index (χ2v) is 12.0. The molecular formula is C29H29F5N2O5S. The van der Waals surface area contributed by atoms with Crippen LogP contribution >= 0.6 is 0 Å². The Kier molecular flexibility index (Phi) is 9.72. The van der Waals surface area contributed by atoms with E-state index in [1.165, 1.54) is 24.3 Å². The molecule has 3 aromatic rings. The molecule has 0 saturated carbocycles. The summed E-state index contributed by atoms with van der Waals surface area (Å²) >= 11 is 0. The van der Waals surface area contributed by atoms with Gasteiger partial charge in [0.2, 0.25) is 0 Å². The number of hydrogen-bond acceptors (Lipinski definition) is 6. The van der Waals surface area contributed by atoms with Crippen molar-refractivity contribution in [1.29, 1.82) is 0 Å². The molecule has 1 amide bonds. The van der Waals surface area contributed by atoms with Gasteiger partial charge in [-0.15, -0.1) is 0 Å². The van der Waals surface area contributed by atoms with Crippen molar-refractivity contribution < 1.29 is 44.6 Å². The van der Waals surface area contributed by atoms with Gasteiger partial charge in [-0.05, 0) is 66.2 Å². The lowest BCUT2D eigenvalue weighted by Crippen LogP contribution is -2.34. The van der Waals surface area contributed by atoms with E-state index in [2.05, 4.69) is 10.1 Å². The summed E-state index contributed by atoms with van der Waals surface area (Å²) in [6, 6.07) is 16.5. The van der Waals surface area contributed by atoms with E-state index < -0.39 is 40.3 Å². The molecule has 0 aromatic heterocycles. The molecule has 1 fully saturated rings. The molecule has 1 aliphatic rings. The van der Waals surface area contributed by atoms with Gasteiger partial charge >= 0.3 is 12.8 Å². The van der Waals surface area contributed by atoms with Crippen LogP contribution < -0.4 is 15.0 Å². The zero-order valence-corrected chi connectivity index (χ0v) is 23.3. The third-order valence-electron chi connectivity index (χ3n) is 6.85. The van der Waals surface area contributed by atoms with E-state index in [1.54, 1.807) is 48.2 Å². The molecule has 1 saturated heterocycles. The molecule has 42 heavy (non-hydrogen) atoms. The zero-order chi connectivity index (χ0) is 30.5. The highest BCUT2D eigenvalue weighted by Crippen LogP contribution is 2.32. The van der Waals surface area contributed by atoms with E-state index in [4.69, 9.17) is 4.74 Å². The molecular weight excluding hydrogens is 583 g/mol. The highest BCUT2D eigenvalue weighted by atomic mass is 32.2. The summed E-state index contributed by atoms with van der Waals surface area (Å²) in [6.07, 6.45) is -4.70. The molecule has 226 valence electrons. The Morgan fingerprint density at radius 2 is 1.64 bits per heavy atom. The Bertz CT molecular complexity index is 1450. The van der Waals surface area contributed by atoms with E-state index in [0.717, 1.165) is 12.1 Å². The molecule has 0 unspecified atom stereocenters. The summed E-state index contributed by atoms with van der Waals surface area (Å²) in [4.78, 5) is 14.7. The summed E-state index contributed by atoms with van der Waals surface area (Å²) in [7, 11) is -3.32. The second-order valence-electron chi connectivity index (χ2n) is 9.67. The number of halogens is 5. The number of nitrogens with one attached hydrogen (secondary N) is 1. The lowest BCUT2D eigenvalue weighted by molar-refractivity contribution is -0.137. The number of benzene rings is 3. The van der Waals surface area contributed by atoms with E-state index in [-0.39, 0.29) is 48.4 Å². The Morgan fingerprint density at radius 1 is 1.00 bits per heavy atom. The fraction of sp³-hybridized carbons (Fsp3) is 0.345. The molecule has 0 radical (unpaired) electrons. The number of hydrogen-bond donors (Lipinski definition) is 1. The van der Waals surface area contributed by atoms with Gasteiger partial charge in [-0.2, -0.15) is 22.0 Å². The standard InChI is InChI=1S/C29H29F5N2O5S/c1-2-42(38,39)26-13-3-19(4-14-26)16-35-27(37)20-5-9-22(10-6-20)36-17-25(15-23(36)18-40-28(30)31)41-24-11-7-21(8-12-24)29(32,33)34/h3-14,23,25,28H,2,15-18H2,1H3,(H,35,37)/t23-,25-/m0/s1. The molecule has 1 N–H and O–H groups in total. The minimum Gasteiger partial charge on any atom is -0.489 e. The zero-order valence-electron chi connectivity index (χ0n) is 22.5. The van der Waals surface area contributed by atoms with Crippen molar-refractivity contribution in [1.82, 2.24) is 5.32 Å². The maximum atomic E-state index is 12.9. The first-order valence-electron chi connectivity index (χ1n) is 13.1. The molecule has 13 heteroatoms. The third-order valence-corrected chi connectivity index (χ3v) is 8.60. The summed E-state index contributed by atoms with van der Waals surface area (Å²) in [5.41, 5.74) is 0.880. The van der Waals surface area contributed by atoms with Gasteiger partial charge in [0.05, 0.1) is 35.4 Å². The van der Waals surface area contributed by atoms with Crippen LogP contribution in [-0.4, -0.2) is 52.0 Å². The van der Waals surface area contributed by atoms with Gasteiger partial charge in [0.15, 0.2) is 9.84 Å². The largest absolute Gasteiger partial charge is 0.489 e. The smallest absolute Gasteiger partial charge is 0.416 e. The maximum absolute atomic E-state index is 12.9. The molecule has 2 atom stereocenters. The van der Waals surface area contributed by atoms with Gasteiger partial charge in [0.1, 0.15) is 11.9 Å². The summed E-state index contributed by atoms with van der Waals surface area (Å²) in [5, 5.41) is 2.77. The molecule has 1 aliphatic heterocycles. The number of carbonyl (C=O) groups is 1. The van der Waals surface area contributed by atoms with Gasteiger partial charge in [0.25, 0.3) is 5.91 Å². The van der Waals surface area contributed by atoms with Gasteiger partial charge in [-0.3, -0.25) is 4.79 Å². The van der Waals surface area contributed by atoms with Gasteiger partial charge in [-0.1, -0.05) is 19.1 Å². The van der Waals surface area contributed by atoms with Crippen LogP contribution in [-0.2, 0) is 27.3 Å². The average molecular weight is 613 g/mol. The first-order chi connectivity index (χ1) is 19.9. The SMILES string of the molecule is CCS(=O)(=O)c1ccc(CNC(=O)c2ccc(N3C[C@@H](Oc4ccc(C(F)(F)F)cc4)C[C@H]3COC(F)F)cc2)cc1. The molecule has 0 spiro atoms. The van der Waals surface area contributed by atoms with Crippen LogP contribution in [0.15, 0.2) is 77.7 Å². The van der Waals surface area contributed by atoms with Crippen molar-refractivity contribution >= 4 is 21.4 Å². The predicted octanol–water partition coefficient (Wildman–Crippen LogP) is 5.69. The minimum atomic E-state index is -4.48. The summed E-state index contributed by atoms with van der Waals surface area (Å²) in [5.74, 6) is -0.157. The van der Waals surface area contributed by atoms with E-state index in [9.17, 15) is 35.2 Å². The van der Waals surface area contributed by atoms with Crippen LogP contribution in [0.4, 0.5) is 27.6 Å². The number of ether oxygens (including phenoxy) is 2. The van der Waals surface area contributed by atoms with Crippen molar-refractivity contribution in [3.05, 3.63) is 89.5 Å². The minimum absolute atomic E-state index is 0.0106. The molecule has 0 bridgehead atoms. The molecule has 7 nitrogen and oxygen atoms in total. The topological polar surface area (TPSA) is 84.9 Å². The third kappa shape index (κ3) is 7.97. The van der Waals surface area contributed by atoms with Crippen LogP contribution in [0.5, 0.6) is 5.75 Å². The van der Waals surface area contributed by atoms with Crippen molar-refractivity contribution in [2.45, 2.75) is 49.7 Å². The number of amides is 1. The summed E-state index contributed by atoms with van der Waals surface area (Å²) < 4.78 is 98.5. The van der Waals surface area contributed by atoms with E-state index in [0.29, 0.717) is 16.8 Å². The van der Waals surface area contributed by atoms with Crippen molar-refractivity contribution in [2.75, 3.05) is 23.8 Å². The van der Waals surface area contributed by atoms with Gasteiger partial charge in [0, 0.05) is 24.2 Å². The van der Waals surface area contributed by atoms with Crippen LogP contribution in [0.1, 0.15) is 34.8 Å². The maximum Gasteiger partial charge on any atom is 0.416 e.